The average molecular weight is 844 g/mol. The van der Waals surface area contributed by atoms with Crippen molar-refractivity contribution in [1.29, 1.82) is 0 Å². The first kappa shape index (κ1) is 55.6. The largest absolute Gasteiger partial charge is 0.756 e. The number of ether oxygens (including phenoxy) is 2. The number of phosphoric acid groups is 1. The molecule has 0 rings (SSSR count). The van der Waals surface area contributed by atoms with Crippen LogP contribution in [0.5, 0.6) is 0 Å². The van der Waals surface area contributed by atoms with E-state index in [0.717, 1.165) is 44.9 Å². The van der Waals surface area contributed by atoms with Crippen LogP contribution in [0.25, 0.3) is 0 Å². The van der Waals surface area contributed by atoms with E-state index in [1.54, 1.807) is 12.2 Å². The number of carbonyl (C=O) groups excluding carboxylic acids is 2. The van der Waals surface area contributed by atoms with Gasteiger partial charge in [-0.1, -0.05) is 136 Å². The van der Waals surface area contributed by atoms with Gasteiger partial charge >= 0.3 is 11.9 Å². The van der Waals surface area contributed by atoms with Crippen molar-refractivity contribution in [2.75, 3.05) is 47.5 Å². The monoisotopic (exact) mass is 844 g/mol. The van der Waals surface area contributed by atoms with Gasteiger partial charge in [-0.3, -0.25) is 14.2 Å². The molecule has 334 valence electrons. The van der Waals surface area contributed by atoms with Crippen LogP contribution < -0.4 is 4.89 Å². The second kappa shape index (κ2) is 38.8. The number of hydrogen-bond acceptors (Lipinski definition) is 9. The summed E-state index contributed by atoms with van der Waals surface area (Å²) in [5, 5.41) is 10.2. The third kappa shape index (κ3) is 42.6. The highest BCUT2D eigenvalue weighted by Crippen LogP contribution is 2.38. The van der Waals surface area contributed by atoms with Crippen LogP contribution in [-0.2, 0) is 32.7 Å². The van der Waals surface area contributed by atoms with Crippen molar-refractivity contribution in [1.82, 2.24) is 0 Å². The molecule has 0 heterocycles. The maximum Gasteiger partial charge on any atom is 0.306 e. The Balaban J connectivity index is 4.67. The Hall–Kier alpha value is -3.37. The number of unbranched alkanes of at least 4 members (excludes halogenated alkanes) is 5. The first-order chi connectivity index (χ1) is 28.4. The standard InChI is InChI=1S/C48H78NO9P/c1-6-8-10-12-14-16-17-18-19-20-21-22-23-25-27-31-35-39-47(51)55-43-46(44-57-59(53,54)56-42-41-49(3,4)5)58-48(52)40-36-32-28-30-34-38-45(50)37-33-29-26-24-15-13-11-9-7-2/h8,10,14-16,18-19,21-22,24-25,27-30,33-34,38,45-46,50H,6-7,9,11-13,17,20,23,26,31-32,35-37,39-44H2,1-5H3/b10-8-,16-14-,19-18-,22-21-,24-15-,27-25-,30-28+,33-29-,38-34-/t45?,46-/m1/s1. The Bertz CT molecular complexity index is 1380. The third-order valence-corrected chi connectivity index (χ3v) is 9.32. The maximum absolute atomic E-state index is 12.7. The lowest BCUT2D eigenvalue weighted by Gasteiger charge is -2.28. The third-order valence-electron chi connectivity index (χ3n) is 8.36. The van der Waals surface area contributed by atoms with Crippen LogP contribution >= 0.6 is 7.82 Å². The molecule has 1 N–H and O–H groups in total. The Kier molecular flexibility index (Phi) is 36.6. The average Bonchev–Trinajstić information content (AvgIpc) is 3.18. The minimum Gasteiger partial charge on any atom is -0.756 e. The number of likely N-dealkylation sites (N-methyl/N-ethyl adjacent to an activating group) is 1. The van der Waals surface area contributed by atoms with Gasteiger partial charge in [0.25, 0.3) is 7.82 Å². The molecule has 0 aliphatic heterocycles. The molecule has 59 heavy (non-hydrogen) atoms. The highest BCUT2D eigenvalue weighted by molar-refractivity contribution is 7.45. The smallest absolute Gasteiger partial charge is 0.306 e. The number of quaternary nitrogens is 1. The SMILES string of the molecule is CC/C=C\C/C=C\C/C=C\C/C=C\C/C=C\CCCC(=O)OC[C@H](COP(=O)([O-])OCC[N+](C)(C)C)OC(=O)CCC/C=C/C=C\C(O)C/C=C\C/C=C\CCCCC. The summed E-state index contributed by atoms with van der Waals surface area (Å²) < 4.78 is 33.7. The lowest BCUT2D eigenvalue weighted by molar-refractivity contribution is -0.870. The van der Waals surface area contributed by atoms with Crippen LogP contribution in [0.4, 0.5) is 0 Å². The molecular weight excluding hydrogens is 765 g/mol. The van der Waals surface area contributed by atoms with Crippen LogP contribution in [0.15, 0.2) is 109 Å². The quantitative estimate of drug-likeness (QED) is 0.0162. The second-order valence-corrected chi connectivity index (χ2v) is 16.6. The molecule has 0 radical (unpaired) electrons. The van der Waals surface area contributed by atoms with E-state index in [-0.39, 0.29) is 26.1 Å². The van der Waals surface area contributed by atoms with Crippen LogP contribution in [0.2, 0.25) is 0 Å². The van der Waals surface area contributed by atoms with Crippen molar-refractivity contribution in [2.45, 2.75) is 135 Å². The predicted octanol–water partition coefficient (Wildman–Crippen LogP) is 10.7. The van der Waals surface area contributed by atoms with Gasteiger partial charge in [-0.25, -0.2) is 0 Å². The topological polar surface area (TPSA) is 131 Å². The number of nitrogens with zero attached hydrogens (tertiary/aromatic N) is 1. The number of esters is 2. The summed E-state index contributed by atoms with van der Waals surface area (Å²) in [6.45, 7) is 3.81. The fraction of sp³-hybridized carbons (Fsp3) is 0.583. The molecule has 10 nitrogen and oxygen atoms in total. The number of aliphatic hydroxyl groups is 1. The zero-order valence-electron chi connectivity index (χ0n) is 37.0. The predicted molar refractivity (Wildman–Crippen MR) is 241 cm³/mol. The number of rotatable bonds is 37. The van der Waals surface area contributed by atoms with E-state index in [1.165, 1.54) is 19.3 Å². The number of hydrogen-bond donors (Lipinski definition) is 1. The lowest BCUT2D eigenvalue weighted by Crippen LogP contribution is -2.37. The molecule has 0 fully saturated rings. The normalized spacial score (nSPS) is 15.2. The van der Waals surface area contributed by atoms with Crippen LogP contribution in [0.3, 0.4) is 0 Å². The Labute approximate surface area is 358 Å². The van der Waals surface area contributed by atoms with Gasteiger partial charge in [-0.05, 0) is 83.5 Å². The lowest BCUT2D eigenvalue weighted by atomic mass is 10.2. The molecule has 2 unspecified atom stereocenters. The number of carbonyl (C=O) groups is 2. The molecule has 0 aromatic carbocycles. The van der Waals surface area contributed by atoms with Gasteiger partial charge in [0.15, 0.2) is 6.10 Å². The minimum absolute atomic E-state index is 0.0707. The van der Waals surface area contributed by atoms with Gasteiger partial charge < -0.3 is 33.0 Å². The van der Waals surface area contributed by atoms with Crippen molar-refractivity contribution in [3.63, 3.8) is 0 Å². The molecule has 0 bridgehead atoms. The van der Waals surface area contributed by atoms with Crippen LogP contribution in [-0.4, -0.2) is 81.2 Å². The van der Waals surface area contributed by atoms with Crippen LogP contribution in [0, 0.1) is 0 Å². The van der Waals surface area contributed by atoms with Gasteiger partial charge in [0.2, 0.25) is 0 Å². The number of phosphoric ester groups is 1. The molecule has 0 saturated carbocycles. The number of allylic oxidation sites excluding steroid dienone is 16. The maximum atomic E-state index is 12.7. The van der Waals surface area contributed by atoms with E-state index in [1.807, 2.05) is 45.4 Å². The summed E-state index contributed by atoms with van der Waals surface area (Å²) in [5.41, 5.74) is 0. The molecule has 0 aromatic rings. The van der Waals surface area contributed by atoms with E-state index >= 15 is 0 Å². The van der Waals surface area contributed by atoms with Gasteiger partial charge in [-0.2, -0.15) is 0 Å². The Morgan fingerprint density at radius 3 is 1.75 bits per heavy atom. The van der Waals surface area contributed by atoms with Crippen LogP contribution in [0.1, 0.15) is 123 Å². The summed E-state index contributed by atoms with van der Waals surface area (Å²) in [7, 11) is 1.03. The summed E-state index contributed by atoms with van der Waals surface area (Å²) in [6, 6.07) is 0. The summed E-state index contributed by atoms with van der Waals surface area (Å²) >= 11 is 0. The first-order valence-corrected chi connectivity index (χ1v) is 23.2. The van der Waals surface area contributed by atoms with Crippen molar-refractivity contribution >= 4 is 19.8 Å². The van der Waals surface area contributed by atoms with Gasteiger partial charge in [-0.15, -0.1) is 0 Å². The molecule has 0 saturated heterocycles. The highest BCUT2D eigenvalue weighted by atomic mass is 31.2. The molecule has 0 aliphatic carbocycles. The van der Waals surface area contributed by atoms with Gasteiger partial charge in [0.05, 0.1) is 33.9 Å². The molecule has 3 atom stereocenters. The summed E-state index contributed by atoms with van der Waals surface area (Å²) in [4.78, 5) is 37.5. The fourth-order valence-electron chi connectivity index (χ4n) is 4.94. The van der Waals surface area contributed by atoms with E-state index in [0.29, 0.717) is 43.1 Å². The molecular formula is C48H78NO9P. The van der Waals surface area contributed by atoms with Crippen molar-refractivity contribution in [3.05, 3.63) is 109 Å². The van der Waals surface area contributed by atoms with Crippen molar-refractivity contribution < 1.29 is 47.2 Å². The summed E-state index contributed by atoms with van der Waals surface area (Å²) in [6.07, 6.45) is 48.7. The molecule has 0 amide bonds. The molecule has 0 aliphatic rings. The Morgan fingerprint density at radius 2 is 1.17 bits per heavy atom. The van der Waals surface area contributed by atoms with Gasteiger partial charge in [0.1, 0.15) is 19.8 Å². The van der Waals surface area contributed by atoms with E-state index in [4.69, 9.17) is 18.5 Å². The Morgan fingerprint density at radius 1 is 0.644 bits per heavy atom. The first-order valence-electron chi connectivity index (χ1n) is 21.7. The van der Waals surface area contributed by atoms with E-state index < -0.39 is 38.6 Å². The zero-order valence-corrected chi connectivity index (χ0v) is 37.9. The zero-order chi connectivity index (χ0) is 43.7. The molecule has 0 spiro atoms. The summed E-state index contributed by atoms with van der Waals surface area (Å²) in [5.74, 6) is -1.05. The van der Waals surface area contributed by atoms with Gasteiger partial charge in [0, 0.05) is 12.8 Å². The second-order valence-electron chi connectivity index (χ2n) is 15.2. The van der Waals surface area contributed by atoms with Crippen molar-refractivity contribution in [3.8, 4) is 0 Å². The van der Waals surface area contributed by atoms with Crippen molar-refractivity contribution in [2.24, 2.45) is 0 Å². The minimum atomic E-state index is -4.68. The fourth-order valence-corrected chi connectivity index (χ4v) is 5.67. The molecule has 11 heteroatoms. The number of aliphatic hydroxyl groups excluding tert-OH is 1. The van der Waals surface area contributed by atoms with E-state index in [9.17, 15) is 24.2 Å². The highest BCUT2D eigenvalue weighted by Gasteiger charge is 2.21. The molecule has 0 aromatic heterocycles. The van der Waals surface area contributed by atoms with E-state index in [2.05, 4.69) is 86.8 Å².